The van der Waals surface area contributed by atoms with Gasteiger partial charge in [-0.2, -0.15) is 0 Å². The van der Waals surface area contributed by atoms with Crippen molar-refractivity contribution < 1.29 is 18.9 Å². The van der Waals surface area contributed by atoms with Crippen LogP contribution in [0.4, 0.5) is 4.79 Å². The fourth-order valence-electron chi connectivity index (χ4n) is 1.49. The first-order valence-electron chi connectivity index (χ1n) is 6.31. The molecule has 3 atom stereocenters. The maximum absolute atomic E-state index is 11.7. The topological polar surface area (TPSA) is 95.5 Å². The largest absolute Gasteiger partial charge is 0.481 e. The fourth-order valence-corrected chi connectivity index (χ4v) is 2.18. The van der Waals surface area contributed by atoms with Gasteiger partial charge in [-0.1, -0.05) is 13.8 Å². The number of rotatable bonds is 8. The second kappa shape index (κ2) is 8.90. The number of aliphatic carboxylic acids is 1. The molecule has 0 rings (SSSR count). The summed E-state index contributed by atoms with van der Waals surface area (Å²) in [6.07, 6.45) is 2.15. The number of hydrogen-bond donors (Lipinski definition) is 3. The molecule has 3 N–H and O–H groups in total. The molecule has 0 radical (unpaired) electrons. The molecule has 0 aromatic rings. The van der Waals surface area contributed by atoms with E-state index in [9.17, 15) is 13.8 Å². The van der Waals surface area contributed by atoms with Gasteiger partial charge in [0, 0.05) is 34.9 Å². The lowest BCUT2D eigenvalue weighted by molar-refractivity contribution is -0.137. The van der Waals surface area contributed by atoms with Crippen LogP contribution in [0.3, 0.4) is 0 Å². The fraction of sp³-hybridized carbons (Fsp3) is 0.833. The van der Waals surface area contributed by atoms with Gasteiger partial charge < -0.3 is 15.7 Å². The van der Waals surface area contributed by atoms with Crippen molar-refractivity contribution in [2.75, 3.05) is 12.0 Å². The Morgan fingerprint density at radius 2 is 1.79 bits per heavy atom. The average molecular weight is 292 g/mol. The van der Waals surface area contributed by atoms with Crippen LogP contribution in [0.25, 0.3) is 0 Å². The van der Waals surface area contributed by atoms with Crippen LogP contribution in [0.2, 0.25) is 0 Å². The Kier molecular flexibility index (Phi) is 8.38. The number of carboxylic acids is 1. The van der Waals surface area contributed by atoms with Crippen LogP contribution in [0.1, 0.15) is 33.6 Å². The molecule has 7 heteroatoms. The Morgan fingerprint density at radius 3 is 2.21 bits per heavy atom. The third kappa shape index (κ3) is 9.47. The van der Waals surface area contributed by atoms with Crippen LogP contribution >= 0.6 is 0 Å². The minimum Gasteiger partial charge on any atom is -0.481 e. The second-order valence-corrected chi connectivity index (χ2v) is 6.59. The van der Waals surface area contributed by atoms with Gasteiger partial charge in [0.05, 0.1) is 6.42 Å². The number of carboxylic acid groups (broad SMARTS) is 1. The molecular weight excluding hydrogens is 268 g/mol. The highest BCUT2D eigenvalue weighted by atomic mass is 32.2. The molecule has 0 aliphatic heterocycles. The number of urea groups is 1. The lowest BCUT2D eigenvalue weighted by atomic mass is 10.0. The van der Waals surface area contributed by atoms with Gasteiger partial charge in [-0.25, -0.2) is 4.79 Å². The Hall–Kier alpha value is -1.11. The van der Waals surface area contributed by atoms with Crippen molar-refractivity contribution in [1.29, 1.82) is 0 Å². The summed E-state index contributed by atoms with van der Waals surface area (Å²) in [7, 11) is -0.876. The summed E-state index contributed by atoms with van der Waals surface area (Å²) in [5.41, 5.74) is 0. The molecule has 112 valence electrons. The van der Waals surface area contributed by atoms with Gasteiger partial charge in [-0.05, 0) is 19.3 Å². The van der Waals surface area contributed by atoms with Crippen molar-refractivity contribution in [3.63, 3.8) is 0 Å². The minimum atomic E-state index is -0.937. The van der Waals surface area contributed by atoms with Gasteiger partial charge >= 0.3 is 12.0 Å². The molecule has 0 aliphatic carbocycles. The van der Waals surface area contributed by atoms with E-state index in [0.717, 1.165) is 0 Å². The van der Waals surface area contributed by atoms with Crippen LogP contribution in [0.5, 0.6) is 0 Å². The molecule has 0 aromatic carbocycles. The lowest BCUT2D eigenvalue weighted by Gasteiger charge is -2.22. The smallest absolute Gasteiger partial charge is 0.315 e. The number of hydrogen-bond acceptors (Lipinski definition) is 3. The third-order valence-corrected chi connectivity index (χ3v) is 3.54. The maximum Gasteiger partial charge on any atom is 0.315 e. The third-order valence-electron chi connectivity index (χ3n) is 2.73. The van der Waals surface area contributed by atoms with E-state index in [2.05, 4.69) is 10.6 Å². The van der Waals surface area contributed by atoms with Crippen LogP contribution in [0, 0.1) is 5.92 Å². The Labute approximate surface area is 116 Å². The molecule has 19 heavy (non-hydrogen) atoms. The summed E-state index contributed by atoms with van der Waals surface area (Å²) in [6, 6.07) is -0.874. The summed E-state index contributed by atoms with van der Waals surface area (Å²) in [5.74, 6) is -0.363. The zero-order chi connectivity index (χ0) is 15.0. The first-order chi connectivity index (χ1) is 8.72. The molecule has 0 bridgehead atoms. The van der Waals surface area contributed by atoms with Gasteiger partial charge in [-0.3, -0.25) is 9.00 Å². The van der Waals surface area contributed by atoms with E-state index in [1.807, 2.05) is 20.8 Å². The lowest BCUT2D eigenvalue weighted by Crippen LogP contribution is -2.48. The number of carbonyl (C=O) groups is 2. The van der Waals surface area contributed by atoms with E-state index in [4.69, 9.17) is 5.11 Å². The predicted octanol–water partition coefficient (Wildman–Crippen LogP) is 0.942. The van der Waals surface area contributed by atoms with Gasteiger partial charge in [-0.15, -0.1) is 0 Å². The molecule has 0 saturated carbocycles. The van der Waals surface area contributed by atoms with Crippen molar-refractivity contribution in [2.24, 2.45) is 5.92 Å². The van der Waals surface area contributed by atoms with E-state index in [0.29, 0.717) is 12.2 Å². The zero-order valence-electron chi connectivity index (χ0n) is 11.9. The highest BCUT2D eigenvalue weighted by Gasteiger charge is 2.20. The molecule has 0 saturated heterocycles. The molecule has 2 amide bonds. The highest BCUT2D eigenvalue weighted by molar-refractivity contribution is 7.84. The van der Waals surface area contributed by atoms with Crippen LogP contribution in [-0.4, -0.2) is 45.4 Å². The normalized spacial score (nSPS) is 15.6. The van der Waals surface area contributed by atoms with E-state index in [-0.39, 0.29) is 24.4 Å². The van der Waals surface area contributed by atoms with Crippen LogP contribution in [-0.2, 0) is 15.6 Å². The first-order valence-corrected chi connectivity index (χ1v) is 8.04. The molecular formula is C12H24N2O4S. The Bertz CT molecular complexity index is 334. The Balaban J connectivity index is 4.18. The molecule has 0 fully saturated rings. The highest BCUT2D eigenvalue weighted by Crippen LogP contribution is 2.06. The van der Waals surface area contributed by atoms with Crippen molar-refractivity contribution >= 4 is 22.8 Å². The quantitative estimate of drug-likeness (QED) is 0.620. The van der Waals surface area contributed by atoms with E-state index >= 15 is 0 Å². The summed E-state index contributed by atoms with van der Waals surface area (Å²) in [5, 5.41) is 14.1. The number of nitrogens with one attached hydrogen (secondary N) is 2. The summed E-state index contributed by atoms with van der Waals surface area (Å²) in [4.78, 5) is 22.4. The summed E-state index contributed by atoms with van der Waals surface area (Å²) < 4.78 is 10.9. The molecule has 0 aromatic heterocycles. The summed E-state index contributed by atoms with van der Waals surface area (Å²) >= 11 is 0. The van der Waals surface area contributed by atoms with E-state index < -0.39 is 22.8 Å². The van der Waals surface area contributed by atoms with E-state index in [1.165, 1.54) is 0 Å². The number of carbonyl (C=O) groups excluding carboxylic acids is 1. The predicted molar refractivity (Wildman–Crippen MR) is 75.6 cm³/mol. The monoisotopic (exact) mass is 292 g/mol. The average Bonchev–Trinajstić information content (AvgIpc) is 2.24. The van der Waals surface area contributed by atoms with Crippen LogP contribution < -0.4 is 10.6 Å². The van der Waals surface area contributed by atoms with Gasteiger partial charge in [0.1, 0.15) is 0 Å². The van der Waals surface area contributed by atoms with Gasteiger partial charge in [0.2, 0.25) is 0 Å². The maximum atomic E-state index is 11.7. The first kappa shape index (κ1) is 17.9. The van der Waals surface area contributed by atoms with Crippen molar-refractivity contribution in [3.8, 4) is 0 Å². The SMILES string of the molecule is CC(CCS(C)=O)NC(=O)NC(CC(=O)O)C(C)C. The van der Waals surface area contributed by atoms with Gasteiger partial charge in [0.15, 0.2) is 0 Å². The molecule has 6 nitrogen and oxygen atoms in total. The second-order valence-electron chi connectivity index (χ2n) is 5.03. The van der Waals surface area contributed by atoms with Crippen LogP contribution in [0.15, 0.2) is 0 Å². The van der Waals surface area contributed by atoms with Gasteiger partial charge in [0.25, 0.3) is 0 Å². The Morgan fingerprint density at radius 1 is 1.21 bits per heavy atom. The minimum absolute atomic E-state index is 0.0419. The molecule has 3 unspecified atom stereocenters. The standard InChI is InChI=1S/C12H24N2O4S/c1-8(2)10(7-11(15)16)14-12(17)13-9(3)5-6-19(4)18/h8-10H,5-7H2,1-4H3,(H,15,16)(H2,13,14,17). The molecule has 0 aliphatic rings. The molecule has 0 spiro atoms. The zero-order valence-corrected chi connectivity index (χ0v) is 12.8. The summed E-state index contributed by atoms with van der Waals surface area (Å²) in [6.45, 7) is 5.54. The number of amides is 2. The van der Waals surface area contributed by atoms with E-state index in [1.54, 1.807) is 6.26 Å². The van der Waals surface area contributed by atoms with Crippen molar-refractivity contribution in [1.82, 2.24) is 10.6 Å². The van der Waals surface area contributed by atoms with Crippen molar-refractivity contribution in [3.05, 3.63) is 0 Å². The molecule has 0 heterocycles. The van der Waals surface area contributed by atoms with Crippen molar-refractivity contribution in [2.45, 2.75) is 45.7 Å².